The first-order valence-electron chi connectivity index (χ1n) is 4.13. The zero-order valence-corrected chi connectivity index (χ0v) is 8.02. The molecular formula is C10H12O4. The number of carboxylic acids is 1. The summed E-state index contributed by atoms with van der Waals surface area (Å²) >= 11 is 0. The summed E-state index contributed by atoms with van der Waals surface area (Å²) in [6.07, 6.45) is 0. The van der Waals surface area contributed by atoms with E-state index in [1.807, 2.05) is 0 Å². The number of benzene rings is 1. The Labute approximate surface area is 81.8 Å². The Balaban J connectivity index is 2.79. The Morgan fingerprint density at radius 2 is 1.79 bits per heavy atom. The van der Waals surface area contributed by atoms with Gasteiger partial charge in [-0.1, -0.05) is 0 Å². The van der Waals surface area contributed by atoms with E-state index < -0.39 is 11.6 Å². The van der Waals surface area contributed by atoms with Gasteiger partial charge in [0.15, 0.2) is 5.60 Å². The van der Waals surface area contributed by atoms with Gasteiger partial charge in [-0.05, 0) is 38.1 Å². The van der Waals surface area contributed by atoms with Crippen LogP contribution >= 0.6 is 0 Å². The van der Waals surface area contributed by atoms with Crippen molar-refractivity contribution in [1.29, 1.82) is 0 Å². The SMILES string of the molecule is CC(C)(Oc1ccc(O)cc1)C(=O)O. The van der Waals surface area contributed by atoms with E-state index in [4.69, 9.17) is 14.9 Å². The molecule has 0 atom stereocenters. The van der Waals surface area contributed by atoms with Gasteiger partial charge >= 0.3 is 5.97 Å². The number of aromatic hydroxyl groups is 1. The summed E-state index contributed by atoms with van der Waals surface area (Å²) in [4.78, 5) is 10.7. The van der Waals surface area contributed by atoms with Crippen LogP contribution in [-0.4, -0.2) is 21.8 Å². The lowest BCUT2D eigenvalue weighted by Gasteiger charge is -2.21. The third-order valence-corrected chi connectivity index (χ3v) is 1.72. The average molecular weight is 196 g/mol. The van der Waals surface area contributed by atoms with Crippen LogP contribution in [0.15, 0.2) is 24.3 Å². The van der Waals surface area contributed by atoms with Crippen LogP contribution in [0.1, 0.15) is 13.8 Å². The summed E-state index contributed by atoms with van der Waals surface area (Å²) in [5.41, 5.74) is -1.27. The van der Waals surface area contributed by atoms with E-state index in [9.17, 15) is 4.79 Å². The molecule has 2 N–H and O–H groups in total. The summed E-state index contributed by atoms with van der Waals surface area (Å²) in [6.45, 7) is 2.92. The van der Waals surface area contributed by atoms with Crippen LogP contribution in [0.4, 0.5) is 0 Å². The Bertz CT molecular complexity index is 326. The van der Waals surface area contributed by atoms with E-state index in [1.165, 1.54) is 38.1 Å². The van der Waals surface area contributed by atoms with Gasteiger partial charge in [-0.2, -0.15) is 0 Å². The second kappa shape index (κ2) is 3.57. The first-order chi connectivity index (χ1) is 6.42. The number of aliphatic carboxylic acids is 1. The molecule has 0 unspecified atom stereocenters. The van der Waals surface area contributed by atoms with E-state index in [0.29, 0.717) is 5.75 Å². The molecule has 0 fully saturated rings. The van der Waals surface area contributed by atoms with Gasteiger partial charge in [0, 0.05) is 0 Å². The number of carboxylic acid groups (broad SMARTS) is 1. The average Bonchev–Trinajstić information content (AvgIpc) is 2.08. The van der Waals surface area contributed by atoms with Crippen molar-refractivity contribution >= 4 is 5.97 Å². The highest BCUT2D eigenvalue weighted by atomic mass is 16.5. The molecule has 0 radical (unpaired) electrons. The third kappa shape index (κ3) is 2.39. The lowest BCUT2D eigenvalue weighted by molar-refractivity contribution is -0.152. The Kier molecular flexibility index (Phi) is 2.65. The van der Waals surface area contributed by atoms with E-state index in [-0.39, 0.29) is 5.75 Å². The molecule has 0 amide bonds. The fraction of sp³-hybridized carbons (Fsp3) is 0.300. The van der Waals surface area contributed by atoms with Crippen LogP contribution in [0.3, 0.4) is 0 Å². The fourth-order valence-electron chi connectivity index (χ4n) is 0.852. The highest BCUT2D eigenvalue weighted by Crippen LogP contribution is 2.21. The molecule has 0 saturated heterocycles. The van der Waals surface area contributed by atoms with Gasteiger partial charge in [0.25, 0.3) is 0 Å². The topological polar surface area (TPSA) is 66.8 Å². The summed E-state index contributed by atoms with van der Waals surface area (Å²) in [7, 11) is 0. The van der Waals surface area contributed by atoms with Gasteiger partial charge in [-0.3, -0.25) is 0 Å². The molecule has 1 rings (SSSR count). The minimum atomic E-state index is -1.27. The highest BCUT2D eigenvalue weighted by molar-refractivity contribution is 5.76. The molecule has 0 saturated carbocycles. The van der Waals surface area contributed by atoms with Gasteiger partial charge < -0.3 is 14.9 Å². The zero-order valence-electron chi connectivity index (χ0n) is 8.02. The standard InChI is InChI=1S/C10H12O4/c1-10(2,9(12)13)14-8-5-3-7(11)4-6-8/h3-6,11H,1-2H3,(H,12,13). The third-order valence-electron chi connectivity index (χ3n) is 1.72. The van der Waals surface area contributed by atoms with E-state index >= 15 is 0 Å². The van der Waals surface area contributed by atoms with E-state index in [0.717, 1.165) is 0 Å². The summed E-state index contributed by atoms with van der Waals surface area (Å²) in [5.74, 6) is -0.508. The van der Waals surface area contributed by atoms with Gasteiger partial charge in [0.2, 0.25) is 0 Å². The summed E-state index contributed by atoms with van der Waals surface area (Å²) < 4.78 is 5.21. The molecule has 0 aromatic heterocycles. The van der Waals surface area contributed by atoms with Crippen molar-refractivity contribution in [3.05, 3.63) is 24.3 Å². The molecule has 0 spiro atoms. The number of carbonyl (C=O) groups is 1. The number of hydrogen-bond acceptors (Lipinski definition) is 3. The second-order valence-corrected chi connectivity index (χ2v) is 3.41. The maximum Gasteiger partial charge on any atom is 0.347 e. The van der Waals surface area contributed by atoms with E-state index in [1.54, 1.807) is 0 Å². The van der Waals surface area contributed by atoms with Crippen LogP contribution in [-0.2, 0) is 4.79 Å². The fourth-order valence-corrected chi connectivity index (χ4v) is 0.852. The lowest BCUT2D eigenvalue weighted by atomic mass is 10.1. The minimum absolute atomic E-state index is 0.116. The number of ether oxygens (including phenoxy) is 1. The van der Waals surface area contributed by atoms with Crippen molar-refractivity contribution < 1.29 is 19.7 Å². The van der Waals surface area contributed by atoms with Crippen molar-refractivity contribution in [1.82, 2.24) is 0 Å². The molecule has 4 nitrogen and oxygen atoms in total. The monoisotopic (exact) mass is 196 g/mol. The Hall–Kier alpha value is -1.71. The molecule has 0 heterocycles. The molecule has 1 aromatic carbocycles. The molecule has 1 aromatic rings. The molecule has 0 bridgehead atoms. The Morgan fingerprint density at radius 3 is 2.21 bits per heavy atom. The number of hydrogen-bond donors (Lipinski definition) is 2. The molecular weight excluding hydrogens is 184 g/mol. The van der Waals surface area contributed by atoms with Crippen LogP contribution in [0.25, 0.3) is 0 Å². The molecule has 14 heavy (non-hydrogen) atoms. The van der Waals surface area contributed by atoms with Crippen molar-refractivity contribution in [3.8, 4) is 11.5 Å². The number of rotatable bonds is 3. The van der Waals surface area contributed by atoms with Crippen molar-refractivity contribution in [3.63, 3.8) is 0 Å². The first-order valence-corrected chi connectivity index (χ1v) is 4.13. The van der Waals surface area contributed by atoms with Crippen LogP contribution in [0, 0.1) is 0 Å². The van der Waals surface area contributed by atoms with Crippen LogP contribution in [0.5, 0.6) is 11.5 Å². The summed E-state index contributed by atoms with van der Waals surface area (Å²) in [6, 6.07) is 5.90. The predicted molar refractivity (Wildman–Crippen MR) is 50.4 cm³/mol. The maximum atomic E-state index is 10.7. The Morgan fingerprint density at radius 1 is 1.29 bits per heavy atom. The van der Waals surface area contributed by atoms with Crippen molar-refractivity contribution in [2.75, 3.05) is 0 Å². The smallest absolute Gasteiger partial charge is 0.347 e. The maximum absolute atomic E-state index is 10.7. The van der Waals surface area contributed by atoms with Crippen molar-refractivity contribution in [2.24, 2.45) is 0 Å². The first kappa shape index (κ1) is 10.4. The van der Waals surface area contributed by atoms with Gasteiger partial charge in [-0.15, -0.1) is 0 Å². The van der Waals surface area contributed by atoms with Gasteiger partial charge in [0.05, 0.1) is 0 Å². The molecule has 0 aliphatic rings. The number of phenolic OH excluding ortho intramolecular Hbond substituents is 1. The molecule has 76 valence electrons. The van der Waals surface area contributed by atoms with Crippen molar-refractivity contribution in [2.45, 2.75) is 19.4 Å². The highest BCUT2D eigenvalue weighted by Gasteiger charge is 2.29. The predicted octanol–water partition coefficient (Wildman–Crippen LogP) is 1.63. The second-order valence-electron chi connectivity index (χ2n) is 3.41. The van der Waals surface area contributed by atoms with E-state index in [2.05, 4.69) is 0 Å². The minimum Gasteiger partial charge on any atom is -0.508 e. The zero-order chi connectivity index (χ0) is 10.8. The largest absolute Gasteiger partial charge is 0.508 e. The lowest BCUT2D eigenvalue weighted by Crippen LogP contribution is -2.37. The summed E-state index contributed by atoms with van der Waals surface area (Å²) in [5, 5.41) is 17.8. The van der Waals surface area contributed by atoms with Crippen LogP contribution < -0.4 is 4.74 Å². The quantitative estimate of drug-likeness (QED) is 0.771. The normalized spacial score (nSPS) is 11.0. The molecule has 4 heteroatoms. The van der Waals surface area contributed by atoms with Gasteiger partial charge in [-0.25, -0.2) is 4.79 Å². The number of phenols is 1. The van der Waals surface area contributed by atoms with Gasteiger partial charge in [0.1, 0.15) is 11.5 Å². The molecule has 0 aliphatic carbocycles. The van der Waals surface area contributed by atoms with Crippen LogP contribution in [0.2, 0.25) is 0 Å². The molecule has 0 aliphatic heterocycles.